The lowest BCUT2D eigenvalue weighted by Crippen LogP contribution is -2.33. The number of carbonyl (C=O) groups excluding carboxylic acids is 1. The second kappa shape index (κ2) is 4.60. The fraction of sp³-hybridized carbons (Fsp3) is 0.786. The molecule has 1 saturated carbocycles. The zero-order valence-corrected chi connectivity index (χ0v) is 10.7. The Morgan fingerprint density at radius 3 is 2.75 bits per heavy atom. The van der Waals surface area contributed by atoms with Gasteiger partial charge in [0, 0.05) is 17.7 Å². The molecule has 0 aromatic rings. The van der Waals surface area contributed by atoms with Gasteiger partial charge in [-0.25, -0.2) is 0 Å². The molecule has 1 aliphatic heterocycles. The van der Waals surface area contributed by atoms with Crippen LogP contribution in [-0.4, -0.2) is 11.8 Å². The fourth-order valence-electron chi connectivity index (χ4n) is 3.27. The predicted octanol–water partition coefficient (Wildman–Crippen LogP) is 3.04. The number of rotatable bonds is 3. The molecular weight excluding hydrogens is 198 g/mol. The van der Waals surface area contributed by atoms with Gasteiger partial charge < -0.3 is 5.32 Å². The van der Waals surface area contributed by atoms with Gasteiger partial charge in [0.15, 0.2) is 0 Å². The average Bonchev–Trinajstić information content (AvgIpc) is 2.65. The number of hydrogen-bond acceptors (Lipinski definition) is 2. The maximum atomic E-state index is 11.5. The summed E-state index contributed by atoms with van der Waals surface area (Å²) in [4.78, 5) is 11.5. The molecule has 3 unspecified atom stereocenters. The number of allylic oxidation sites excluding steroid dienone is 1. The van der Waals surface area contributed by atoms with Crippen molar-refractivity contribution in [2.24, 2.45) is 11.8 Å². The number of nitrogens with one attached hydrogen (secondary N) is 1. The molecule has 90 valence electrons. The van der Waals surface area contributed by atoms with Crippen molar-refractivity contribution in [3.63, 3.8) is 0 Å². The molecule has 1 fully saturated rings. The van der Waals surface area contributed by atoms with E-state index in [0.29, 0.717) is 6.04 Å². The van der Waals surface area contributed by atoms with Gasteiger partial charge in [-0.3, -0.25) is 4.79 Å². The topological polar surface area (TPSA) is 29.1 Å². The van der Waals surface area contributed by atoms with E-state index in [1.807, 2.05) is 6.92 Å². The molecule has 0 radical (unpaired) electrons. The van der Waals surface area contributed by atoms with Crippen LogP contribution in [0, 0.1) is 11.8 Å². The fourth-order valence-corrected chi connectivity index (χ4v) is 3.27. The molecule has 1 N–H and O–H groups in total. The van der Waals surface area contributed by atoms with Gasteiger partial charge in [0.2, 0.25) is 0 Å². The van der Waals surface area contributed by atoms with E-state index in [0.717, 1.165) is 12.3 Å². The highest BCUT2D eigenvalue weighted by Gasteiger charge is 2.37. The number of fused-ring (bicyclic) bond motifs is 1. The Hall–Kier alpha value is -0.790. The molecule has 1 heterocycles. The van der Waals surface area contributed by atoms with Gasteiger partial charge in [-0.05, 0) is 38.7 Å². The summed E-state index contributed by atoms with van der Waals surface area (Å²) in [6, 6.07) is 0.625. The molecule has 0 saturated heterocycles. The average molecular weight is 221 g/mol. The summed E-state index contributed by atoms with van der Waals surface area (Å²) in [5.41, 5.74) is 2.79. The van der Waals surface area contributed by atoms with Crippen LogP contribution in [0.4, 0.5) is 0 Å². The summed E-state index contributed by atoms with van der Waals surface area (Å²) in [5.74, 6) is 1.07. The molecule has 2 aliphatic rings. The van der Waals surface area contributed by atoms with Crippen LogP contribution in [-0.2, 0) is 4.79 Å². The molecule has 2 nitrogen and oxygen atoms in total. The van der Waals surface area contributed by atoms with E-state index in [1.165, 1.54) is 37.0 Å². The maximum Gasteiger partial charge on any atom is 0.138 e. The van der Waals surface area contributed by atoms with Crippen LogP contribution in [0.3, 0.4) is 0 Å². The van der Waals surface area contributed by atoms with Gasteiger partial charge in [-0.2, -0.15) is 0 Å². The van der Waals surface area contributed by atoms with E-state index >= 15 is 0 Å². The molecule has 0 spiro atoms. The Morgan fingerprint density at radius 2 is 2.12 bits per heavy atom. The van der Waals surface area contributed by atoms with Crippen molar-refractivity contribution >= 4 is 5.78 Å². The van der Waals surface area contributed by atoms with Crippen LogP contribution >= 0.6 is 0 Å². The summed E-state index contributed by atoms with van der Waals surface area (Å²) in [5, 5.41) is 3.63. The normalized spacial score (nSPS) is 30.9. The van der Waals surface area contributed by atoms with Gasteiger partial charge in [0.05, 0.1) is 5.92 Å². The molecule has 0 amide bonds. The minimum atomic E-state index is 0.0700. The van der Waals surface area contributed by atoms with Crippen molar-refractivity contribution in [2.75, 3.05) is 0 Å². The van der Waals surface area contributed by atoms with Gasteiger partial charge in [-0.1, -0.05) is 19.8 Å². The maximum absolute atomic E-state index is 11.5. The van der Waals surface area contributed by atoms with Crippen LogP contribution < -0.4 is 5.32 Å². The molecule has 0 bridgehead atoms. The second-order valence-electron chi connectivity index (χ2n) is 5.27. The van der Waals surface area contributed by atoms with E-state index in [1.54, 1.807) is 6.92 Å². The summed E-state index contributed by atoms with van der Waals surface area (Å²) in [7, 11) is 0. The molecule has 0 aromatic carbocycles. The minimum absolute atomic E-state index is 0.0700. The lowest BCUT2D eigenvalue weighted by atomic mass is 9.80. The Balaban J connectivity index is 2.24. The predicted molar refractivity (Wildman–Crippen MR) is 66.0 cm³/mol. The van der Waals surface area contributed by atoms with Gasteiger partial charge in [0.1, 0.15) is 5.78 Å². The van der Waals surface area contributed by atoms with E-state index in [4.69, 9.17) is 0 Å². The first-order chi connectivity index (χ1) is 7.65. The van der Waals surface area contributed by atoms with Crippen molar-refractivity contribution in [1.82, 2.24) is 5.32 Å². The first-order valence-corrected chi connectivity index (χ1v) is 6.65. The summed E-state index contributed by atoms with van der Waals surface area (Å²) in [6.07, 6.45) is 6.39. The standard InChI is InChI=1S/C14H23NO/c1-4-11-12-7-5-6-8-13(12)15-14(11)9(2)10(3)16/h9,12-13,15H,4-8H2,1-3H3. The molecule has 1 aliphatic carbocycles. The Bertz CT molecular complexity index is 319. The van der Waals surface area contributed by atoms with E-state index in [-0.39, 0.29) is 11.7 Å². The van der Waals surface area contributed by atoms with E-state index in [9.17, 15) is 4.79 Å². The monoisotopic (exact) mass is 221 g/mol. The number of carbonyl (C=O) groups is 1. The molecule has 2 heteroatoms. The third-order valence-corrected chi connectivity index (χ3v) is 4.32. The summed E-state index contributed by atoms with van der Waals surface area (Å²) < 4.78 is 0. The minimum Gasteiger partial charge on any atom is -0.384 e. The molecule has 16 heavy (non-hydrogen) atoms. The number of ketones is 1. The van der Waals surface area contributed by atoms with E-state index < -0.39 is 0 Å². The third kappa shape index (κ3) is 1.90. The van der Waals surface area contributed by atoms with Crippen molar-refractivity contribution in [1.29, 1.82) is 0 Å². The SMILES string of the molecule is CCC1=C(C(C)C(C)=O)NC2CCCCC12. The Morgan fingerprint density at radius 1 is 1.44 bits per heavy atom. The lowest BCUT2D eigenvalue weighted by Gasteiger charge is -2.27. The zero-order valence-electron chi connectivity index (χ0n) is 10.7. The van der Waals surface area contributed by atoms with Crippen molar-refractivity contribution in [3.05, 3.63) is 11.3 Å². The Kier molecular flexibility index (Phi) is 3.36. The van der Waals surface area contributed by atoms with Crippen molar-refractivity contribution in [2.45, 2.75) is 58.9 Å². The highest BCUT2D eigenvalue weighted by molar-refractivity contribution is 5.81. The van der Waals surface area contributed by atoms with Crippen LogP contribution in [0.2, 0.25) is 0 Å². The van der Waals surface area contributed by atoms with Crippen molar-refractivity contribution in [3.8, 4) is 0 Å². The first kappa shape index (κ1) is 11.7. The summed E-state index contributed by atoms with van der Waals surface area (Å²) >= 11 is 0. The smallest absolute Gasteiger partial charge is 0.138 e. The first-order valence-electron chi connectivity index (χ1n) is 6.65. The van der Waals surface area contributed by atoms with Gasteiger partial charge in [-0.15, -0.1) is 0 Å². The van der Waals surface area contributed by atoms with Crippen LogP contribution in [0.1, 0.15) is 52.9 Å². The molecule has 0 aromatic heterocycles. The van der Waals surface area contributed by atoms with Gasteiger partial charge in [0.25, 0.3) is 0 Å². The molecule has 2 rings (SSSR count). The Labute approximate surface area is 98.5 Å². The molecule has 3 atom stereocenters. The third-order valence-electron chi connectivity index (χ3n) is 4.32. The number of Topliss-reactive ketones (excluding diaryl/α,β-unsaturated/α-hetero) is 1. The van der Waals surface area contributed by atoms with E-state index in [2.05, 4.69) is 12.2 Å². The second-order valence-corrected chi connectivity index (χ2v) is 5.27. The largest absolute Gasteiger partial charge is 0.384 e. The van der Waals surface area contributed by atoms with Crippen molar-refractivity contribution < 1.29 is 4.79 Å². The quantitative estimate of drug-likeness (QED) is 0.793. The zero-order chi connectivity index (χ0) is 11.7. The highest BCUT2D eigenvalue weighted by Crippen LogP contribution is 2.40. The highest BCUT2D eigenvalue weighted by atomic mass is 16.1. The van der Waals surface area contributed by atoms with Crippen LogP contribution in [0.15, 0.2) is 11.3 Å². The summed E-state index contributed by atoms with van der Waals surface area (Å²) in [6.45, 7) is 5.97. The van der Waals surface area contributed by atoms with Crippen LogP contribution in [0.25, 0.3) is 0 Å². The van der Waals surface area contributed by atoms with Gasteiger partial charge >= 0.3 is 0 Å². The lowest BCUT2D eigenvalue weighted by molar-refractivity contribution is -0.119. The van der Waals surface area contributed by atoms with Crippen LogP contribution in [0.5, 0.6) is 0 Å². The molecular formula is C14H23NO. The number of hydrogen-bond donors (Lipinski definition) is 1.